The van der Waals surface area contributed by atoms with Crippen LogP contribution in [0.4, 0.5) is 19.3 Å². The highest BCUT2D eigenvalue weighted by atomic mass is 19.1. The van der Waals surface area contributed by atoms with Crippen LogP contribution in [0.5, 0.6) is 0 Å². The Morgan fingerprint density at radius 1 is 1.35 bits per heavy atom. The van der Waals surface area contributed by atoms with Gasteiger partial charge in [0, 0.05) is 11.6 Å². The molecule has 2 N–H and O–H groups in total. The summed E-state index contributed by atoms with van der Waals surface area (Å²) >= 11 is 0. The third-order valence-corrected chi connectivity index (χ3v) is 2.36. The van der Waals surface area contributed by atoms with Crippen molar-refractivity contribution in [3.8, 4) is 12.3 Å². The molecule has 2 amide bonds. The number of benzene rings is 1. The molecule has 88 valence electrons. The van der Waals surface area contributed by atoms with Gasteiger partial charge in [0.1, 0.15) is 5.69 Å². The molecule has 0 bridgehead atoms. The predicted octanol–water partition coefficient (Wildman–Crippen LogP) is 2.23. The van der Waals surface area contributed by atoms with Crippen LogP contribution in [0.15, 0.2) is 12.1 Å². The molecule has 1 aliphatic rings. The van der Waals surface area contributed by atoms with Gasteiger partial charge in [-0.2, -0.15) is 0 Å². The fraction of sp³-hybridized carbons (Fsp3) is 0.250. The van der Waals surface area contributed by atoms with Gasteiger partial charge in [-0.05, 0) is 25.0 Å². The summed E-state index contributed by atoms with van der Waals surface area (Å²) in [7, 11) is 0. The van der Waals surface area contributed by atoms with E-state index < -0.39 is 23.4 Å². The van der Waals surface area contributed by atoms with Gasteiger partial charge in [-0.25, -0.2) is 13.6 Å². The third kappa shape index (κ3) is 2.72. The number of urea groups is 1. The van der Waals surface area contributed by atoms with Gasteiger partial charge in [0.15, 0.2) is 11.6 Å². The molecule has 0 radical (unpaired) electrons. The van der Waals surface area contributed by atoms with Crippen molar-refractivity contribution < 1.29 is 13.6 Å². The van der Waals surface area contributed by atoms with E-state index >= 15 is 0 Å². The molecule has 3 nitrogen and oxygen atoms in total. The van der Waals surface area contributed by atoms with Crippen LogP contribution in [-0.4, -0.2) is 12.1 Å². The standard InChI is InChI=1S/C12H10F2N2O/c1-2-7-5-9(13)11(10(14)6-7)16-12(17)15-8-3-4-8/h1,5-6,8H,3-4H2,(H2,15,16,17). The van der Waals surface area contributed by atoms with Gasteiger partial charge in [0.2, 0.25) is 0 Å². The molecule has 17 heavy (non-hydrogen) atoms. The molecule has 1 saturated carbocycles. The Morgan fingerprint density at radius 3 is 2.41 bits per heavy atom. The summed E-state index contributed by atoms with van der Waals surface area (Å²) in [6.07, 6.45) is 6.82. The minimum absolute atomic E-state index is 0.0909. The molecule has 0 aliphatic heterocycles. The quantitative estimate of drug-likeness (QED) is 0.759. The lowest BCUT2D eigenvalue weighted by Gasteiger charge is -2.08. The molecule has 0 spiro atoms. The van der Waals surface area contributed by atoms with Crippen molar-refractivity contribution in [2.75, 3.05) is 5.32 Å². The Labute approximate surface area is 97.2 Å². The van der Waals surface area contributed by atoms with Crippen LogP contribution in [0.25, 0.3) is 0 Å². The van der Waals surface area contributed by atoms with Crippen molar-refractivity contribution in [3.63, 3.8) is 0 Å². The summed E-state index contributed by atoms with van der Waals surface area (Å²) < 4.78 is 26.9. The summed E-state index contributed by atoms with van der Waals surface area (Å²) in [5.74, 6) is 0.352. The molecule has 0 saturated heterocycles. The number of hydrogen-bond acceptors (Lipinski definition) is 1. The van der Waals surface area contributed by atoms with Crippen molar-refractivity contribution in [3.05, 3.63) is 29.3 Å². The van der Waals surface area contributed by atoms with E-state index in [-0.39, 0.29) is 11.6 Å². The number of hydrogen-bond donors (Lipinski definition) is 2. The van der Waals surface area contributed by atoms with Crippen LogP contribution in [0.3, 0.4) is 0 Å². The van der Waals surface area contributed by atoms with Crippen molar-refractivity contribution in [1.29, 1.82) is 0 Å². The Hall–Kier alpha value is -2.09. The summed E-state index contributed by atoms with van der Waals surface area (Å²) in [5, 5.41) is 4.69. The molecular weight excluding hydrogens is 226 g/mol. The Balaban J connectivity index is 2.14. The molecule has 1 aromatic carbocycles. The van der Waals surface area contributed by atoms with Crippen molar-refractivity contribution in [2.45, 2.75) is 18.9 Å². The zero-order valence-corrected chi connectivity index (χ0v) is 8.89. The maximum absolute atomic E-state index is 13.4. The number of nitrogens with one attached hydrogen (secondary N) is 2. The number of carbonyl (C=O) groups is 1. The van der Waals surface area contributed by atoms with Crippen molar-refractivity contribution in [2.24, 2.45) is 0 Å². The van der Waals surface area contributed by atoms with Gasteiger partial charge in [0.05, 0.1) is 0 Å². The Kier molecular flexibility index (Phi) is 2.96. The van der Waals surface area contributed by atoms with Gasteiger partial charge in [0.25, 0.3) is 0 Å². The lowest BCUT2D eigenvalue weighted by atomic mass is 10.2. The zero-order chi connectivity index (χ0) is 12.4. The van der Waals surface area contributed by atoms with Crippen LogP contribution in [0.1, 0.15) is 18.4 Å². The first-order chi connectivity index (χ1) is 8.10. The SMILES string of the molecule is C#Cc1cc(F)c(NC(=O)NC2CC2)c(F)c1. The second-order valence-electron chi connectivity index (χ2n) is 3.83. The summed E-state index contributed by atoms with van der Waals surface area (Å²) in [6.45, 7) is 0. The molecule has 1 fully saturated rings. The van der Waals surface area contributed by atoms with Crippen LogP contribution in [0, 0.1) is 24.0 Å². The number of amides is 2. The average molecular weight is 236 g/mol. The van der Waals surface area contributed by atoms with Gasteiger partial charge >= 0.3 is 6.03 Å². The van der Waals surface area contributed by atoms with Crippen LogP contribution < -0.4 is 10.6 Å². The predicted molar refractivity (Wildman–Crippen MR) is 59.5 cm³/mol. The summed E-state index contributed by atoms with van der Waals surface area (Å²) in [4.78, 5) is 11.3. The van der Waals surface area contributed by atoms with E-state index in [1.807, 2.05) is 0 Å². The third-order valence-electron chi connectivity index (χ3n) is 2.36. The largest absolute Gasteiger partial charge is 0.335 e. The maximum Gasteiger partial charge on any atom is 0.319 e. The van der Waals surface area contributed by atoms with E-state index in [0.29, 0.717) is 0 Å². The lowest BCUT2D eigenvalue weighted by Crippen LogP contribution is -2.31. The molecule has 5 heteroatoms. The highest BCUT2D eigenvalue weighted by Gasteiger charge is 2.24. The van der Waals surface area contributed by atoms with Crippen LogP contribution in [0.2, 0.25) is 0 Å². The summed E-state index contributed by atoms with van der Waals surface area (Å²) in [6, 6.07) is 1.50. The van der Waals surface area contributed by atoms with E-state index in [4.69, 9.17) is 6.42 Å². The lowest BCUT2D eigenvalue weighted by molar-refractivity contribution is 0.251. The minimum atomic E-state index is -0.885. The topological polar surface area (TPSA) is 41.1 Å². The summed E-state index contributed by atoms with van der Waals surface area (Å²) in [5.41, 5.74) is -0.393. The Bertz CT molecular complexity index is 481. The fourth-order valence-corrected chi connectivity index (χ4v) is 1.34. The molecule has 2 rings (SSSR count). The number of halogens is 2. The molecule has 1 aromatic rings. The molecule has 0 aromatic heterocycles. The van der Waals surface area contributed by atoms with Crippen LogP contribution in [-0.2, 0) is 0 Å². The monoisotopic (exact) mass is 236 g/mol. The van der Waals surface area contributed by atoms with E-state index in [0.717, 1.165) is 25.0 Å². The molecule has 0 unspecified atom stereocenters. The number of carbonyl (C=O) groups excluding carboxylic acids is 1. The number of terminal acetylenes is 1. The van der Waals surface area contributed by atoms with Crippen molar-refractivity contribution >= 4 is 11.7 Å². The molecule has 1 aliphatic carbocycles. The maximum atomic E-state index is 13.4. The van der Waals surface area contributed by atoms with Crippen molar-refractivity contribution in [1.82, 2.24) is 5.32 Å². The van der Waals surface area contributed by atoms with Gasteiger partial charge in [-0.15, -0.1) is 6.42 Å². The first-order valence-electron chi connectivity index (χ1n) is 5.13. The highest BCUT2D eigenvalue weighted by Crippen LogP contribution is 2.22. The van der Waals surface area contributed by atoms with E-state index in [1.54, 1.807) is 0 Å². The second-order valence-corrected chi connectivity index (χ2v) is 3.83. The van der Waals surface area contributed by atoms with Crippen LogP contribution >= 0.6 is 0 Å². The van der Waals surface area contributed by atoms with E-state index in [2.05, 4.69) is 16.6 Å². The average Bonchev–Trinajstić information content (AvgIpc) is 3.07. The molecule has 0 atom stereocenters. The Morgan fingerprint density at radius 2 is 1.94 bits per heavy atom. The second kappa shape index (κ2) is 4.42. The fourth-order valence-electron chi connectivity index (χ4n) is 1.34. The minimum Gasteiger partial charge on any atom is -0.335 e. The zero-order valence-electron chi connectivity index (χ0n) is 8.89. The molecule has 0 heterocycles. The van der Waals surface area contributed by atoms with Gasteiger partial charge < -0.3 is 10.6 Å². The smallest absolute Gasteiger partial charge is 0.319 e. The van der Waals surface area contributed by atoms with Gasteiger partial charge in [-0.3, -0.25) is 0 Å². The highest BCUT2D eigenvalue weighted by molar-refractivity contribution is 5.90. The first-order valence-corrected chi connectivity index (χ1v) is 5.13. The first kappa shape index (κ1) is 11.4. The van der Waals surface area contributed by atoms with E-state index in [1.165, 1.54) is 0 Å². The van der Waals surface area contributed by atoms with E-state index in [9.17, 15) is 13.6 Å². The van der Waals surface area contributed by atoms with Gasteiger partial charge in [-0.1, -0.05) is 5.92 Å². The molecular formula is C12H10F2N2O. The number of anilines is 1. The normalized spacial score (nSPS) is 13.9. The number of rotatable bonds is 2.